The van der Waals surface area contributed by atoms with E-state index in [0.717, 1.165) is 0 Å². The summed E-state index contributed by atoms with van der Waals surface area (Å²) in [5.41, 5.74) is 1.19. The Balaban J connectivity index is 2.15. The Labute approximate surface area is 72.2 Å². The second-order valence-electron chi connectivity index (χ2n) is 2.96. The zero-order chi connectivity index (χ0) is 8.60. The normalized spacial score (nSPS) is 38.2. The van der Waals surface area contributed by atoms with Gasteiger partial charge in [0.25, 0.3) is 0 Å². The minimum Gasteiger partial charge on any atom is -0.347 e. The van der Waals surface area contributed by atoms with Crippen LogP contribution < -0.4 is 0 Å². The average Bonchev–Trinajstić information content (AvgIpc) is 2.79. The number of fused-ring (bicyclic) bond motifs is 1. The smallest absolute Gasteiger partial charge is 0.219 e. The zero-order valence-corrected chi connectivity index (χ0v) is 7.28. The SMILES string of the molecule is CC=CC1=CC2OC2(OC)C=C1. The minimum atomic E-state index is -0.426. The van der Waals surface area contributed by atoms with Crippen molar-refractivity contribution in [2.45, 2.75) is 18.8 Å². The largest absolute Gasteiger partial charge is 0.347 e. The highest BCUT2D eigenvalue weighted by atomic mass is 16.8. The molecule has 0 aromatic carbocycles. The summed E-state index contributed by atoms with van der Waals surface area (Å²) >= 11 is 0. The molecular formula is C10H12O2. The van der Waals surface area contributed by atoms with Crippen LogP contribution in [0.1, 0.15) is 6.92 Å². The number of methoxy groups -OCH3 is 1. The van der Waals surface area contributed by atoms with Crippen LogP contribution in [0.4, 0.5) is 0 Å². The van der Waals surface area contributed by atoms with Gasteiger partial charge >= 0.3 is 0 Å². The molecule has 1 saturated heterocycles. The molecule has 0 amide bonds. The van der Waals surface area contributed by atoms with Crippen molar-refractivity contribution < 1.29 is 9.47 Å². The fourth-order valence-electron chi connectivity index (χ4n) is 1.43. The van der Waals surface area contributed by atoms with Crippen molar-refractivity contribution in [1.29, 1.82) is 0 Å². The van der Waals surface area contributed by atoms with Crippen LogP contribution in [0.3, 0.4) is 0 Å². The molecule has 12 heavy (non-hydrogen) atoms. The van der Waals surface area contributed by atoms with E-state index in [1.54, 1.807) is 7.11 Å². The van der Waals surface area contributed by atoms with Crippen LogP contribution in [0.2, 0.25) is 0 Å². The van der Waals surface area contributed by atoms with Gasteiger partial charge in [0.15, 0.2) is 0 Å². The third-order valence-electron chi connectivity index (χ3n) is 2.18. The van der Waals surface area contributed by atoms with Gasteiger partial charge in [0.05, 0.1) is 0 Å². The lowest BCUT2D eigenvalue weighted by Gasteiger charge is -2.07. The molecule has 0 aromatic heterocycles. The molecule has 2 nitrogen and oxygen atoms in total. The monoisotopic (exact) mass is 164 g/mol. The molecule has 0 bridgehead atoms. The van der Waals surface area contributed by atoms with Gasteiger partial charge in [-0.15, -0.1) is 0 Å². The van der Waals surface area contributed by atoms with Crippen LogP contribution >= 0.6 is 0 Å². The number of ether oxygens (including phenoxy) is 2. The predicted molar refractivity (Wildman–Crippen MR) is 46.7 cm³/mol. The first-order valence-corrected chi connectivity index (χ1v) is 4.07. The summed E-state index contributed by atoms with van der Waals surface area (Å²) in [6.07, 6.45) is 10.2. The third-order valence-corrected chi connectivity index (χ3v) is 2.18. The van der Waals surface area contributed by atoms with Crippen molar-refractivity contribution in [3.63, 3.8) is 0 Å². The Morgan fingerprint density at radius 3 is 3.08 bits per heavy atom. The van der Waals surface area contributed by atoms with Crippen molar-refractivity contribution in [2.24, 2.45) is 0 Å². The molecule has 0 saturated carbocycles. The van der Waals surface area contributed by atoms with E-state index in [1.165, 1.54) is 5.57 Å². The molecule has 2 heteroatoms. The zero-order valence-electron chi connectivity index (χ0n) is 7.28. The van der Waals surface area contributed by atoms with E-state index in [4.69, 9.17) is 9.47 Å². The molecule has 0 radical (unpaired) electrons. The fourth-order valence-corrected chi connectivity index (χ4v) is 1.43. The molecule has 0 aromatic rings. The number of epoxide rings is 1. The van der Waals surface area contributed by atoms with Gasteiger partial charge in [0.1, 0.15) is 6.10 Å². The quantitative estimate of drug-likeness (QED) is 0.580. The van der Waals surface area contributed by atoms with E-state index in [0.29, 0.717) is 0 Å². The first kappa shape index (κ1) is 7.77. The van der Waals surface area contributed by atoms with E-state index in [-0.39, 0.29) is 6.10 Å². The number of hydrogen-bond donors (Lipinski definition) is 0. The highest BCUT2D eigenvalue weighted by molar-refractivity contribution is 5.41. The maximum atomic E-state index is 5.37. The van der Waals surface area contributed by atoms with Crippen molar-refractivity contribution in [2.75, 3.05) is 7.11 Å². The summed E-state index contributed by atoms with van der Waals surface area (Å²) in [7, 11) is 1.67. The molecule has 0 spiro atoms. The van der Waals surface area contributed by atoms with E-state index in [9.17, 15) is 0 Å². The number of rotatable bonds is 2. The molecule has 64 valence electrons. The van der Waals surface area contributed by atoms with Gasteiger partial charge in [-0.2, -0.15) is 0 Å². The predicted octanol–water partition coefficient (Wildman–Crippen LogP) is 1.80. The summed E-state index contributed by atoms with van der Waals surface area (Å²) in [6, 6.07) is 0. The summed E-state index contributed by atoms with van der Waals surface area (Å²) in [6.45, 7) is 2.00. The molecule has 1 aliphatic carbocycles. The van der Waals surface area contributed by atoms with E-state index in [1.807, 2.05) is 25.2 Å². The van der Waals surface area contributed by atoms with Crippen molar-refractivity contribution in [3.05, 3.63) is 36.0 Å². The lowest BCUT2D eigenvalue weighted by molar-refractivity contribution is 0.0300. The van der Waals surface area contributed by atoms with E-state index < -0.39 is 5.79 Å². The van der Waals surface area contributed by atoms with Gasteiger partial charge in [-0.05, 0) is 24.6 Å². The van der Waals surface area contributed by atoms with E-state index >= 15 is 0 Å². The number of allylic oxidation sites excluding steroid dienone is 4. The van der Waals surface area contributed by atoms with Crippen molar-refractivity contribution in [3.8, 4) is 0 Å². The maximum absolute atomic E-state index is 5.37. The standard InChI is InChI=1S/C10H12O2/c1-3-4-8-5-6-10(11-2)9(7-8)12-10/h3-7,9H,1-2H3. The molecule has 2 atom stereocenters. The number of hydrogen-bond acceptors (Lipinski definition) is 2. The van der Waals surface area contributed by atoms with Gasteiger partial charge in [0, 0.05) is 7.11 Å². The van der Waals surface area contributed by atoms with Crippen LogP contribution in [0.5, 0.6) is 0 Å². The molecule has 1 fully saturated rings. The molecule has 2 unspecified atom stereocenters. The average molecular weight is 164 g/mol. The molecule has 2 aliphatic rings. The van der Waals surface area contributed by atoms with Crippen LogP contribution in [-0.2, 0) is 9.47 Å². The summed E-state index contributed by atoms with van der Waals surface area (Å²) in [5.74, 6) is -0.426. The van der Waals surface area contributed by atoms with Crippen LogP contribution in [-0.4, -0.2) is 19.0 Å². The van der Waals surface area contributed by atoms with Crippen LogP contribution in [0, 0.1) is 0 Å². The molecule has 1 aliphatic heterocycles. The van der Waals surface area contributed by atoms with Crippen LogP contribution in [0.25, 0.3) is 0 Å². The lowest BCUT2D eigenvalue weighted by atomic mass is 10.0. The maximum Gasteiger partial charge on any atom is 0.219 e. The van der Waals surface area contributed by atoms with Crippen molar-refractivity contribution >= 4 is 0 Å². The second kappa shape index (κ2) is 2.57. The Morgan fingerprint density at radius 1 is 1.67 bits per heavy atom. The highest BCUT2D eigenvalue weighted by Gasteiger charge is 2.55. The Kier molecular flexibility index (Phi) is 1.67. The Bertz CT molecular complexity index is 276. The van der Waals surface area contributed by atoms with Crippen LogP contribution in [0.15, 0.2) is 36.0 Å². The summed E-state index contributed by atoms with van der Waals surface area (Å²) in [5, 5.41) is 0. The van der Waals surface area contributed by atoms with Gasteiger partial charge in [0.2, 0.25) is 5.79 Å². The van der Waals surface area contributed by atoms with Gasteiger partial charge in [-0.3, -0.25) is 0 Å². The van der Waals surface area contributed by atoms with Gasteiger partial charge < -0.3 is 9.47 Å². The molecule has 2 rings (SSSR count). The van der Waals surface area contributed by atoms with Crippen molar-refractivity contribution in [1.82, 2.24) is 0 Å². The Morgan fingerprint density at radius 2 is 2.50 bits per heavy atom. The molecular weight excluding hydrogens is 152 g/mol. The van der Waals surface area contributed by atoms with Gasteiger partial charge in [-0.1, -0.05) is 18.2 Å². The second-order valence-corrected chi connectivity index (χ2v) is 2.96. The fraction of sp³-hybridized carbons (Fsp3) is 0.400. The molecule has 1 heterocycles. The first-order valence-electron chi connectivity index (χ1n) is 4.07. The highest BCUT2D eigenvalue weighted by Crippen LogP contribution is 2.43. The van der Waals surface area contributed by atoms with Gasteiger partial charge in [-0.25, -0.2) is 0 Å². The molecule has 0 N–H and O–H groups in total. The lowest BCUT2D eigenvalue weighted by Crippen LogP contribution is -2.15. The minimum absolute atomic E-state index is 0.124. The van der Waals surface area contributed by atoms with E-state index in [2.05, 4.69) is 12.2 Å². The first-order chi connectivity index (χ1) is 5.80. The third kappa shape index (κ3) is 1.04. The summed E-state index contributed by atoms with van der Waals surface area (Å²) < 4.78 is 10.6. The summed E-state index contributed by atoms with van der Waals surface area (Å²) in [4.78, 5) is 0. The topological polar surface area (TPSA) is 21.8 Å². The Hall–Kier alpha value is -0.860.